The number of hydrogen-bond donors (Lipinski definition) is 2. The lowest BCUT2D eigenvalue weighted by Gasteiger charge is -2.36. The average molecular weight is 329 g/mol. The summed E-state index contributed by atoms with van der Waals surface area (Å²) in [7, 11) is 0. The normalized spacial score (nSPS) is 20.8. The minimum Gasteiger partial charge on any atom is -0.459 e. The molecule has 2 amide bonds. The minimum absolute atomic E-state index is 0.0214. The number of carbonyl (C=O) groups is 2. The molecule has 0 unspecified atom stereocenters. The van der Waals surface area contributed by atoms with Crippen molar-refractivity contribution >= 4 is 11.8 Å². The molecule has 1 fully saturated rings. The van der Waals surface area contributed by atoms with Crippen LogP contribution in [0.4, 0.5) is 0 Å². The molecule has 4 heterocycles. The minimum atomic E-state index is -0.396. The van der Waals surface area contributed by atoms with E-state index in [0.29, 0.717) is 31.9 Å². The molecule has 4 rings (SSSR count). The second-order valence-electron chi connectivity index (χ2n) is 6.00. The Morgan fingerprint density at radius 2 is 2.00 bits per heavy atom. The van der Waals surface area contributed by atoms with Crippen molar-refractivity contribution in [2.24, 2.45) is 0 Å². The van der Waals surface area contributed by atoms with E-state index in [2.05, 4.69) is 15.3 Å². The van der Waals surface area contributed by atoms with Crippen LogP contribution in [-0.2, 0) is 11.2 Å². The van der Waals surface area contributed by atoms with Gasteiger partial charge >= 0.3 is 0 Å². The van der Waals surface area contributed by atoms with Crippen molar-refractivity contribution in [2.75, 3.05) is 32.7 Å². The Labute approximate surface area is 138 Å². The number of nitrogens with one attached hydrogen (secondary N) is 2. The highest BCUT2D eigenvalue weighted by atomic mass is 16.3. The molecule has 8 nitrogen and oxygen atoms in total. The fraction of sp³-hybridized carbons (Fsp3) is 0.438. The van der Waals surface area contributed by atoms with Crippen LogP contribution in [0.25, 0.3) is 0 Å². The summed E-state index contributed by atoms with van der Waals surface area (Å²) in [5, 5.41) is 3.25. The van der Waals surface area contributed by atoms with E-state index < -0.39 is 6.04 Å². The third-order valence-electron chi connectivity index (χ3n) is 4.61. The Kier molecular flexibility index (Phi) is 3.81. The van der Waals surface area contributed by atoms with Crippen molar-refractivity contribution in [1.82, 2.24) is 25.1 Å². The van der Waals surface area contributed by atoms with Crippen LogP contribution in [0.15, 0.2) is 29.1 Å². The summed E-state index contributed by atoms with van der Waals surface area (Å²) in [4.78, 5) is 36.0. The monoisotopic (exact) mass is 329 g/mol. The maximum Gasteiger partial charge on any atom is 0.289 e. The van der Waals surface area contributed by atoms with E-state index in [-0.39, 0.29) is 11.8 Å². The Hall–Kier alpha value is -2.61. The van der Waals surface area contributed by atoms with Crippen LogP contribution in [-0.4, -0.2) is 64.3 Å². The van der Waals surface area contributed by atoms with Gasteiger partial charge in [0.05, 0.1) is 18.3 Å². The van der Waals surface area contributed by atoms with Crippen LogP contribution in [0.5, 0.6) is 0 Å². The quantitative estimate of drug-likeness (QED) is 0.819. The van der Waals surface area contributed by atoms with Crippen LogP contribution >= 0.6 is 0 Å². The first-order chi connectivity index (χ1) is 11.7. The third kappa shape index (κ3) is 2.58. The van der Waals surface area contributed by atoms with Crippen LogP contribution in [0.2, 0.25) is 0 Å². The first kappa shape index (κ1) is 14.9. The number of aromatic nitrogens is 2. The zero-order valence-corrected chi connectivity index (χ0v) is 13.2. The molecule has 2 aliphatic heterocycles. The van der Waals surface area contributed by atoms with E-state index in [1.54, 1.807) is 28.3 Å². The number of hydrogen-bond acceptors (Lipinski definition) is 5. The van der Waals surface area contributed by atoms with E-state index in [1.807, 2.05) is 0 Å². The molecule has 126 valence electrons. The Balaban J connectivity index is 1.40. The van der Waals surface area contributed by atoms with Gasteiger partial charge in [-0.2, -0.15) is 0 Å². The Bertz CT molecular complexity index is 731. The number of amides is 2. The topological polar surface area (TPSA) is 94.5 Å². The van der Waals surface area contributed by atoms with Crippen LogP contribution in [0.3, 0.4) is 0 Å². The first-order valence-corrected chi connectivity index (χ1v) is 8.11. The molecule has 2 aliphatic rings. The van der Waals surface area contributed by atoms with Gasteiger partial charge < -0.3 is 24.5 Å². The summed E-state index contributed by atoms with van der Waals surface area (Å²) in [6.07, 6.45) is 3.98. The lowest BCUT2D eigenvalue weighted by atomic mass is 10.0. The first-order valence-electron chi connectivity index (χ1n) is 8.11. The summed E-state index contributed by atoms with van der Waals surface area (Å²) < 4.78 is 5.15. The van der Waals surface area contributed by atoms with Gasteiger partial charge in [-0.25, -0.2) is 4.98 Å². The second-order valence-corrected chi connectivity index (χ2v) is 6.00. The molecule has 2 aromatic heterocycles. The molecule has 2 aromatic rings. The summed E-state index contributed by atoms with van der Waals surface area (Å²) >= 11 is 0. The van der Waals surface area contributed by atoms with Crippen molar-refractivity contribution in [3.8, 4) is 0 Å². The van der Waals surface area contributed by atoms with Gasteiger partial charge in [-0.05, 0) is 12.1 Å². The van der Waals surface area contributed by atoms with Gasteiger partial charge in [0.2, 0.25) is 5.91 Å². The highest BCUT2D eigenvalue weighted by molar-refractivity contribution is 5.91. The van der Waals surface area contributed by atoms with Crippen LogP contribution in [0, 0.1) is 0 Å². The molecular formula is C16H19N5O3. The zero-order chi connectivity index (χ0) is 16.5. The highest BCUT2D eigenvalue weighted by Gasteiger charge is 2.34. The van der Waals surface area contributed by atoms with Crippen molar-refractivity contribution in [3.63, 3.8) is 0 Å². The molecule has 24 heavy (non-hydrogen) atoms. The molecule has 8 heteroatoms. The van der Waals surface area contributed by atoms with E-state index >= 15 is 0 Å². The number of H-pyrrole nitrogens is 1. The van der Waals surface area contributed by atoms with Crippen molar-refractivity contribution in [2.45, 2.75) is 12.5 Å². The van der Waals surface area contributed by atoms with Gasteiger partial charge in [-0.15, -0.1) is 0 Å². The number of nitrogens with zero attached hydrogens (tertiary/aromatic N) is 3. The summed E-state index contributed by atoms with van der Waals surface area (Å²) in [6, 6.07) is 2.96. The van der Waals surface area contributed by atoms with Gasteiger partial charge in [0, 0.05) is 44.8 Å². The summed E-state index contributed by atoms with van der Waals surface area (Å²) in [5.74, 6) is 0.232. The number of carbonyl (C=O) groups excluding carboxylic acids is 2. The molecular weight excluding hydrogens is 310 g/mol. The molecule has 0 bridgehead atoms. The number of aromatic amines is 1. The third-order valence-corrected chi connectivity index (χ3v) is 4.61. The van der Waals surface area contributed by atoms with Gasteiger partial charge in [0.25, 0.3) is 5.91 Å². The molecule has 0 spiro atoms. The molecule has 0 aromatic carbocycles. The van der Waals surface area contributed by atoms with E-state index in [1.165, 1.54) is 6.26 Å². The largest absolute Gasteiger partial charge is 0.459 e. The van der Waals surface area contributed by atoms with E-state index in [4.69, 9.17) is 4.42 Å². The van der Waals surface area contributed by atoms with Gasteiger partial charge in [-0.3, -0.25) is 9.59 Å². The van der Waals surface area contributed by atoms with E-state index in [9.17, 15) is 9.59 Å². The number of imidazole rings is 1. The van der Waals surface area contributed by atoms with Crippen LogP contribution in [0.1, 0.15) is 28.0 Å². The number of fused-ring (bicyclic) bond motifs is 1. The summed E-state index contributed by atoms with van der Waals surface area (Å²) in [6.45, 7) is 2.80. The standard InChI is InChI=1S/C16H19N5O3/c22-15(12-2-1-9-24-12)20-5-7-21(8-6-20)16(23)14-13-11(3-4-17-14)18-10-19-13/h1-2,9-10,14,17H,3-8H2,(H,18,19)/t14-/m1/s1. The molecule has 0 aliphatic carbocycles. The highest BCUT2D eigenvalue weighted by Crippen LogP contribution is 2.22. The zero-order valence-electron chi connectivity index (χ0n) is 13.2. The lowest BCUT2D eigenvalue weighted by Crippen LogP contribution is -2.53. The predicted octanol–water partition coefficient (Wildman–Crippen LogP) is 0.174. The second kappa shape index (κ2) is 6.12. The maximum absolute atomic E-state index is 12.8. The smallest absolute Gasteiger partial charge is 0.289 e. The maximum atomic E-state index is 12.8. The molecule has 1 saturated heterocycles. The van der Waals surface area contributed by atoms with Gasteiger partial charge in [0.15, 0.2) is 5.76 Å². The molecule has 2 N–H and O–H groups in total. The molecule has 0 saturated carbocycles. The number of furan rings is 1. The number of rotatable bonds is 2. The Morgan fingerprint density at radius 3 is 2.75 bits per heavy atom. The van der Waals surface area contributed by atoms with Crippen molar-refractivity contribution in [1.29, 1.82) is 0 Å². The SMILES string of the molecule is O=C(c1ccco1)N1CCN(C(=O)[C@@H]2NCCc3[nH]cnc32)CC1. The Morgan fingerprint density at radius 1 is 1.21 bits per heavy atom. The van der Waals surface area contributed by atoms with Gasteiger partial charge in [-0.1, -0.05) is 0 Å². The molecule has 0 radical (unpaired) electrons. The van der Waals surface area contributed by atoms with Crippen molar-refractivity contribution < 1.29 is 14.0 Å². The number of piperazine rings is 1. The van der Waals surface area contributed by atoms with Crippen LogP contribution < -0.4 is 5.32 Å². The van der Waals surface area contributed by atoms with Crippen molar-refractivity contribution in [3.05, 3.63) is 41.9 Å². The predicted molar refractivity (Wildman–Crippen MR) is 84.2 cm³/mol. The van der Waals surface area contributed by atoms with Gasteiger partial charge in [0.1, 0.15) is 6.04 Å². The fourth-order valence-corrected chi connectivity index (χ4v) is 3.29. The lowest BCUT2D eigenvalue weighted by molar-refractivity contribution is -0.135. The average Bonchev–Trinajstić information content (AvgIpc) is 3.31. The van der Waals surface area contributed by atoms with E-state index in [0.717, 1.165) is 24.4 Å². The summed E-state index contributed by atoms with van der Waals surface area (Å²) in [5.41, 5.74) is 1.82. The molecule has 1 atom stereocenters. The fourth-order valence-electron chi connectivity index (χ4n) is 3.29.